The van der Waals surface area contributed by atoms with E-state index in [1.54, 1.807) is 0 Å². The topological polar surface area (TPSA) is 32.5 Å². The van der Waals surface area contributed by atoms with Gasteiger partial charge in [-0.3, -0.25) is 0 Å². The second kappa shape index (κ2) is 5.17. The van der Waals surface area contributed by atoms with Gasteiger partial charge in [-0.2, -0.15) is 0 Å². The average molecular weight is 267 g/mol. The zero-order chi connectivity index (χ0) is 14.1. The van der Waals surface area contributed by atoms with Crippen molar-refractivity contribution in [1.29, 1.82) is 0 Å². The van der Waals surface area contributed by atoms with E-state index in [4.69, 9.17) is 5.73 Å². The van der Waals surface area contributed by atoms with Crippen LogP contribution >= 0.6 is 0 Å². The van der Waals surface area contributed by atoms with Gasteiger partial charge in [-0.25, -0.2) is 0 Å². The molecule has 0 radical (unpaired) electrons. The van der Waals surface area contributed by atoms with Crippen molar-refractivity contribution in [1.82, 2.24) is 0 Å². The summed E-state index contributed by atoms with van der Waals surface area (Å²) in [6.45, 7) is 4.04. The first kappa shape index (κ1) is 13.0. The smallest absolute Gasteiger partial charge is 0.0649 e. The number of fused-ring (bicyclic) bond motifs is 1. The van der Waals surface area contributed by atoms with Crippen LogP contribution in [0.1, 0.15) is 18.5 Å². The van der Waals surface area contributed by atoms with Crippen molar-refractivity contribution < 1.29 is 0 Å². The number of nitrogens with zero attached hydrogens (tertiary/aromatic N) is 2. The van der Waals surface area contributed by atoms with Crippen molar-refractivity contribution in [3.05, 3.63) is 54.1 Å². The van der Waals surface area contributed by atoms with Crippen molar-refractivity contribution in [3.63, 3.8) is 0 Å². The van der Waals surface area contributed by atoms with Crippen LogP contribution in [0.15, 0.2) is 48.5 Å². The zero-order valence-corrected chi connectivity index (χ0v) is 12.1. The molecule has 104 valence electrons. The lowest BCUT2D eigenvalue weighted by Gasteiger charge is -2.38. The third-order valence-corrected chi connectivity index (χ3v) is 3.96. The number of para-hydroxylation sites is 3. The fourth-order valence-electron chi connectivity index (χ4n) is 2.87. The average Bonchev–Trinajstić information content (AvgIpc) is 2.48. The fourth-order valence-corrected chi connectivity index (χ4v) is 2.87. The van der Waals surface area contributed by atoms with Crippen LogP contribution in [0.4, 0.5) is 17.1 Å². The van der Waals surface area contributed by atoms with Crippen molar-refractivity contribution in [2.45, 2.75) is 13.0 Å². The number of benzene rings is 2. The normalized spacial score (nSPS) is 15.9. The second-order valence-electron chi connectivity index (χ2n) is 5.41. The molecule has 1 atom stereocenters. The Morgan fingerprint density at radius 2 is 1.50 bits per heavy atom. The number of hydrogen-bond acceptors (Lipinski definition) is 3. The Balaban J connectivity index is 2.11. The Morgan fingerprint density at radius 3 is 2.20 bits per heavy atom. The Bertz CT molecular complexity index is 607. The number of nitrogens with two attached hydrogens (primary N) is 1. The van der Waals surface area contributed by atoms with Crippen LogP contribution in [-0.4, -0.2) is 20.1 Å². The molecule has 0 bridgehead atoms. The predicted molar refractivity (Wildman–Crippen MR) is 85.8 cm³/mol. The van der Waals surface area contributed by atoms with Crippen LogP contribution in [0.5, 0.6) is 0 Å². The van der Waals surface area contributed by atoms with Gasteiger partial charge in [0.1, 0.15) is 0 Å². The third-order valence-electron chi connectivity index (χ3n) is 3.96. The van der Waals surface area contributed by atoms with E-state index < -0.39 is 0 Å². The standard InChI is InChI=1S/C17H21N3/c1-13(18)14-7-3-4-8-15(14)20-12-11-19(2)16-9-5-6-10-17(16)20/h3-10,13H,11-12,18H2,1-2H3. The van der Waals surface area contributed by atoms with E-state index >= 15 is 0 Å². The highest BCUT2D eigenvalue weighted by Gasteiger charge is 2.23. The molecule has 2 aromatic carbocycles. The lowest BCUT2D eigenvalue weighted by molar-refractivity contribution is 0.787. The van der Waals surface area contributed by atoms with Gasteiger partial charge in [0, 0.05) is 31.9 Å². The molecule has 0 fully saturated rings. The maximum atomic E-state index is 6.13. The quantitative estimate of drug-likeness (QED) is 0.906. The Hall–Kier alpha value is -2.00. The minimum Gasteiger partial charge on any atom is -0.371 e. The van der Waals surface area contributed by atoms with E-state index in [-0.39, 0.29) is 6.04 Å². The summed E-state index contributed by atoms with van der Waals surface area (Å²) in [4.78, 5) is 4.69. The highest BCUT2D eigenvalue weighted by atomic mass is 15.3. The molecule has 3 rings (SSSR count). The number of anilines is 3. The molecule has 0 aliphatic carbocycles. The molecule has 0 amide bonds. The minimum atomic E-state index is 0.0398. The van der Waals surface area contributed by atoms with E-state index in [1.807, 2.05) is 6.92 Å². The fraction of sp³-hybridized carbons (Fsp3) is 0.294. The van der Waals surface area contributed by atoms with Crippen LogP contribution in [0.3, 0.4) is 0 Å². The highest BCUT2D eigenvalue weighted by Crippen LogP contribution is 2.39. The molecule has 20 heavy (non-hydrogen) atoms. The SMILES string of the molecule is CC(N)c1ccccc1N1CCN(C)c2ccccc21. The van der Waals surface area contributed by atoms with Crippen molar-refractivity contribution >= 4 is 17.1 Å². The summed E-state index contributed by atoms with van der Waals surface area (Å²) in [5.74, 6) is 0. The molecule has 3 heteroatoms. The molecule has 2 N–H and O–H groups in total. The highest BCUT2D eigenvalue weighted by molar-refractivity contribution is 5.80. The lowest BCUT2D eigenvalue weighted by Crippen LogP contribution is -2.37. The van der Waals surface area contributed by atoms with Gasteiger partial charge in [-0.1, -0.05) is 30.3 Å². The summed E-state index contributed by atoms with van der Waals surface area (Å²) in [5, 5.41) is 0. The maximum absolute atomic E-state index is 6.13. The van der Waals surface area contributed by atoms with E-state index in [0.717, 1.165) is 13.1 Å². The number of likely N-dealkylation sites (N-methyl/N-ethyl adjacent to an activating group) is 1. The monoisotopic (exact) mass is 267 g/mol. The van der Waals surface area contributed by atoms with Crippen LogP contribution in [0, 0.1) is 0 Å². The van der Waals surface area contributed by atoms with Gasteiger partial charge in [0.25, 0.3) is 0 Å². The summed E-state index contributed by atoms with van der Waals surface area (Å²) in [5.41, 5.74) is 11.1. The molecule has 3 nitrogen and oxygen atoms in total. The maximum Gasteiger partial charge on any atom is 0.0649 e. The van der Waals surface area contributed by atoms with Crippen molar-refractivity contribution in [3.8, 4) is 0 Å². The summed E-state index contributed by atoms with van der Waals surface area (Å²) in [7, 11) is 2.15. The van der Waals surface area contributed by atoms with Gasteiger partial charge < -0.3 is 15.5 Å². The van der Waals surface area contributed by atoms with E-state index in [0.29, 0.717) is 0 Å². The Kier molecular flexibility index (Phi) is 3.36. The van der Waals surface area contributed by atoms with E-state index in [2.05, 4.69) is 65.4 Å². The first-order valence-corrected chi connectivity index (χ1v) is 7.10. The van der Waals surface area contributed by atoms with Crippen molar-refractivity contribution in [2.24, 2.45) is 5.73 Å². The molecule has 0 aromatic heterocycles. The van der Waals surface area contributed by atoms with Crippen LogP contribution in [-0.2, 0) is 0 Å². The summed E-state index contributed by atoms with van der Waals surface area (Å²) in [6, 6.07) is 17.0. The van der Waals surface area contributed by atoms with Crippen LogP contribution in [0.2, 0.25) is 0 Å². The molecular weight excluding hydrogens is 246 g/mol. The van der Waals surface area contributed by atoms with Gasteiger partial charge >= 0.3 is 0 Å². The van der Waals surface area contributed by atoms with Crippen molar-refractivity contribution in [2.75, 3.05) is 29.9 Å². The summed E-state index contributed by atoms with van der Waals surface area (Å²) >= 11 is 0. The Labute approximate surface area is 120 Å². The molecule has 1 heterocycles. The molecular formula is C17H21N3. The van der Waals surface area contributed by atoms with Crippen LogP contribution in [0.25, 0.3) is 0 Å². The number of hydrogen-bond donors (Lipinski definition) is 1. The molecule has 1 aliphatic rings. The van der Waals surface area contributed by atoms with E-state index in [9.17, 15) is 0 Å². The molecule has 1 aliphatic heterocycles. The summed E-state index contributed by atoms with van der Waals surface area (Å²) < 4.78 is 0. The lowest BCUT2D eigenvalue weighted by atomic mass is 10.0. The summed E-state index contributed by atoms with van der Waals surface area (Å²) in [6.07, 6.45) is 0. The molecule has 2 aromatic rings. The second-order valence-corrected chi connectivity index (χ2v) is 5.41. The van der Waals surface area contributed by atoms with Gasteiger partial charge in [0.05, 0.1) is 11.4 Å². The molecule has 0 spiro atoms. The minimum absolute atomic E-state index is 0.0398. The van der Waals surface area contributed by atoms with Gasteiger partial charge in [0.15, 0.2) is 0 Å². The zero-order valence-electron chi connectivity index (χ0n) is 12.1. The third kappa shape index (κ3) is 2.14. The van der Waals surface area contributed by atoms with Crippen LogP contribution < -0.4 is 15.5 Å². The molecule has 0 saturated carbocycles. The largest absolute Gasteiger partial charge is 0.371 e. The van der Waals surface area contributed by atoms with Gasteiger partial charge in [-0.15, -0.1) is 0 Å². The Morgan fingerprint density at radius 1 is 0.900 bits per heavy atom. The van der Waals surface area contributed by atoms with E-state index in [1.165, 1.54) is 22.6 Å². The molecule has 1 unspecified atom stereocenters. The predicted octanol–water partition coefficient (Wildman–Crippen LogP) is 3.29. The first-order valence-electron chi connectivity index (χ1n) is 7.10. The molecule has 0 saturated heterocycles. The van der Waals surface area contributed by atoms with Gasteiger partial charge in [0.2, 0.25) is 0 Å². The van der Waals surface area contributed by atoms with Gasteiger partial charge in [-0.05, 0) is 30.7 Å². The first-order chi connectivity index (χ1) is 9.68. The number of rotatable bonds is 2.